The van der Waals surface area contributed by atoms with Crippen molar-refractivity contribution in [2.75, 3.05) is 52.5 Å². The number of halogens is 1. The van der Waals surface area contributed by atoms with E-state index in [1.54, 1.807) is 20.1 Å². The second-order valence-corrected chi connectivity index (χ2v) is 4.21. The summed E-state index contributed by atoms with van der Waals surface area (Å²) in [5.74, 6) is -0.271. The predicted molar refractivity (Wildman–Crippen MR) is 74.6 cm³/mol. The lowest BCUT2D eigenvalue weighted by atomic mass is 10.2. The summed E-state index contributed by atoms with van der Waals surface area (Å²) >= 11 is 0. The number of methoxy groups -OCH3 is 1. The van der Waals surface area contributed by atoms with Crippen molar-refractivity contribution in [2.24, 2.45) is 0 Å². The molecule has 0 saturated heterocycles. The number of hydrogen-bond donors (Lipinski definition) is 1. The van der Waals surface area contributed by atoms with Crippen molar-refractivity contribution < 1.29 is 23.3 Å². The molecule has 0 heterocycles. The van der Waals surface area contributed by atoms with Gasteiger partial charge < -0.3 is 24.7 Å². The van der Waals surface area contributed by atoms with Crippen LogP contribution in [-0.2, 0) is 14.2 Å². The van der Waals surface area contributed by atoms with Crippen molar-refractivity contribution in [3.8, 4) is 5.75 Å². The predicted octanol–water partition coefficient (Wildman–Crippen LogP) is 1.77. The Bertz CT molecular complexity index is 401. The second-order valence-electron chi connectivity index (χ2n) is 4.21. The monoisotopic (exact) mass is 287 g/mol. The summed E-state index contributed by atoms with van der Waals surface area (Å²) in [5, 5.41) is 0. The van der Waals surface area contributed by atoms with Crippen LogP contribution in [0.4, 0.5) is 10.1 Å². The Kier molecular flexibility index (Phi) is 7.94. The van der Waals surface area contributed by atoms with Gasteiger partial charge in [-0.05, 0) is 18.6 Å². The van der Waals surface area contributed by atoms with E-state index in [0.29, 0.717) is 38.7 Å². The average Bonchev–Trinajstić information content (AvgIpc) is 2.42. The molecule has 0 fully saturated rings. The Morgan fingerprint density at radius 3 is 2.25 bits per heavy atom. The van der Waals surface area contributed by atoms with Crippen molar-refractivity contribution in [1.82, 2.24) is 0 Å². The van der Waals surface area contributed by atoms with E-state index in [9.17, 15) is 4.39 Å². The number of hydrogen-bond acceptors (Lipinski definition) is 5. The number of anilines is 1. The van der Waals surface area contributed by atoms with E-state index in [2.05, 4.69) is 0 Å². The SMILES string of the molecule is COCCOCCOCCOc1cc(C)c(N)cc1F. The van der Waals surface area contributed by atoms with Crippen molar-refractivity contribution >= 4 is 5.69 Å². The van der Waals surface area contributed by atoms with E-state index in [0.717, 1.165) is 5.56 Å². The molecule has 0 aliphatic carbocycles. The Morgan fingerprint density at radius 2 is 1.60 bits per heavy atom. The first-order valence-electron chi connectivity index (χ1n) is 6.48. The van der Waals surface area contributed by atoms with Gasteiger partial charge in [-0.1, -0.05) is 0 Å². The molecule has 0 aromatic heterocycles. The van der Waals surface area contributed by atoms with E-state index < -0.39 is 5.82 Å². The minimum atomic E-state index is -0.462. The molecule has 0 atom stereocenters. The maximum atomic E-state index is 13.5. The van der Waals surface area contributed by atoms with Gasteiger partial charge >= 0.3 is 0 Å². The molecule has 1 rings (SSSR count). The minimum absolute atomic E-state index is 0.191. The number of ether oxygens (including phenoxy) is 4. The van der Waals surface area contributed by atoms with Crippen LogP contribution in [0.5, 0.6) is 5.75 Å². The van der Waals surface area contributed by atoms with Gasteiger partial charge in [0.25, 0.3) is 0 Å². The van der Waals surface area contributed by atoms with Gasteiger partial charge in [-0.2, -0.15) is 0 Å². The van der Waals surface area contributed by atoms with Crippen LogP contribution in [0.15, 0.2) is 12.1 Å². The molecule has 0 spiro atoms. The highest BCUT2D eigenvalue weighted by atomic mass is 19.1. The molecule has 0 saturated carbocycles. The first kappa shape index (κ1) is 16.7. The molecule has 1 aromatic carbocycles. The molecule has 2 N–H and O–H groups in total. The Balaban J connectivity index is 2.11. The lowest BCUT2D eigenvalue weighted by Gasteiger charge is -2.10. The third-order valence-electron chi connectivity index (χ3n) is 2.61. The molecular formula is C14H22FNO4. The van der Waals surface area contributed by atoms with Crippen LogP contribution in [0, 0.1) is 12.7 Å². The number of nitrogens with two attached hydrogens (primary N) is 1. The van der Waals surface area contributed by atoms with Crippen LogP contribution in [-0.4, -0.2) is 46.8 Å². The maximum Gasteiger partial charge on any atom is 0.167 e. The summed E-state index contributed by atoms with van der Waals surface area (Å²) in [6.07, 6.45) is 0. The number of aryl methyl sites for hydroxylation is 1. The molecule has 6 heteroatoms. The van der Waals surface area contributed by atoms with E-state index in [1.165, 1.54) is 6.07 Å². The zero-order chi connectivity index (χ0) is 14.8. The fourth-order valence-corrected chi connectivity index (χ4v) is 1.46. The van der Waals surface area contributed by atoms with Crippen LogP contribution < -0.4 is 10.5 Å². The summed E-state index contributed by atoms with van der Waals surface area (Å²) in [5.41, 5.74) is 6.79. The highest BCUT2D eigenvalue weighted by molar-refractivity contribution is 5.50. The molecule has 114 valence electrons. The summed E-state index contributed by atoms with van der Waals surface area (Å²) < 4.78 is 34.2. The van der Waals surface area contributed by atoms with Gasteiger partial charge in [-0.25, -0.2) is 4.39 Å². The number of rotatable bonds is 10. The van der Waals surface area contributed by atoms with Crippen molar-refractivity contribution in [3.63, 3.8) is 0 Å². The molecule has 0 radical (unpaired) electrons. The fraction of sp³-hybridized carbons (Fsp3) is 0.571. The highest BCUT2D eigenvalue weighted by Gasteiger charge is 2.06. The van der Waals surface area contributed by atoms with Crippen LogP contribution in [0.2, 0.25) is 0 Å². The second kappa shape index (κ2) is 9.52. The molecule has 0 aliphatic heterocycles. The zero-order valence-electron chi connectivity index (χ0n) is 12.0. The van der Waals surface area contributed by atoms with Crippen molar-refractivity contribution in [2.45, 2.75) is 6.92 Å². The molecule has 0 amide bonds. The molecule has 0 aliphatic rings. The summed E-state index contributed by atoms with van der Waals surface area (Å²) in [6, 6.07) is 2.84. The fourth-order valence-electron chi connectivity index (χ4n) is 1.46. The lowest BCUT2D eigenvalue weighted by Crippen LogP contribution is -2.12. The lowest BCUT2D eigenvalue weighted by molar-refractivity contribution is 0.0177. The van der Waals surface area contributed by atoms with Gasteiger partial charge in [0.15, 0.2) is 11.6 Å². The number of benzene rings is 1. The summed E-state index contributed by atoms with van der Waals surface area (Å²) in [4.78, 5) is 0. The standard InChI is InChI=1S/C14H22FNO4/c1-11-9-14(12(15)10-13(11)16)20-8-7-19-6-5-18-4-3-17-2/h9-10H,3-8,16H2,1-2H3. The average molecular weight is 287 g/mol. The molecule has 5 nitrogen and oxygen atoms in total. The van der Waals surface area contributed by atoms with Gasteiger partial charge in [-0.15, -0.1) is 0 Å². The quantitative estimate of drug-likeness (QED) is 0.525. The van der Waals surface area contributed by atoms with Crippen LogP contribution in [0.25, 0.3) is 0 Å². The normalized spacial score (nSPS) is 10.8. The largest absolute Gasteiger partial charge is 0.488 e. The topological polar surface area (TPSA) is 62.9 Å². The molecule has 1 aromatic rings. The van der Waals surface area contributed by atoms with Gasteiger partial charge in [0.05, 0.1) is 33.0 Å². The Labute approximate surface area is 118 Å². The number of nitrogen functional groups attached to an aromatic ring is 1. The highest BCUT2D eigenvalue weighted by Crippen LogP contribution is 2.23. The first-order valence-corrected chi connectivity index (χ1v) is 6.48. The van der Waals surface area contributed by atoms with E-state index >= 15 is 0 Å². The minimum Gasteiger partial charge on any atom is -0.488 e. The van der Waals surface area contributed by atoms with Gasteiger partial charge in [0.2, 0.25) is 0 Å². The third-order valence-corrected chi connectivity index (χ3v) is 2.61. The molecule has 0 unspecified atom stereocenters. The molecule has 20 heavy (non-hydrogen) atoms. The van der Waals surface area contributed by atoms with Crippen LogP contribution in [0.1, 0.15) is 5.56 Å². The maximum absolute atomic E-state index is 13.5. The van der Waals surface area contributed by atoms with Gasteiger partial charge in [0.1, 0.15) is 6.61 Å². The van der Waals surface area contributed by atoms with E-state index in [4.69, 9.17) is 24.7 Å². The Hall–Kier alpha value is -1.37. The van der Waals surface area contributed by atoms with E-state index in [1.807, 2.05) is 0 Å². The molecule has 0 bridgehead atoms. The van der Waals surface area contributed by atoms with Crippen molar-refractivity contribution in [3.05, 3.63) is 23.5 Å². The van der Waals surface area contributed by atoms with E-state index in [-0.39, 0.29) is 12.4 Å². The smallest absolute Gasteiger partial charge is 0.167 e. The van der Waals surface area contributed by atoms with Gasteiger partial charge in [-0.3, -0.25) is 0 Å². The summed E-state index contributed by atoms with van der Waals surface area (Å²) in [7, 11) is 1.62. The summed E-state index contributed by atoms with van der Waals surface area (Å²) in [6.45, 7) is 4.53. The third kappa shape index (κ3) is 6.18. The van der Waals surface area contributed by atoms with Crippen molar-refractivity contribution in [1.29, 1.82) is 0 Å². The van der Waals surface area contributed by atoms with Crippen LogP contribution >= 0.6 is 0 Å². The Morgan fingerprint density at radius 1 is 1.00 bits per heavy atom. The van der Waals surface area contributed by atoms with Gasteiger partial charge in [0, 0.05) is 18.9 Å². The molecular weight excluding hydrogens is 265 g/mol. The first-order chi connectivity index (χ1) is 9.65. The van der Waals surface area contributed by atoms with Crippen LogP contribution in [0.3, 0.4) is 0 Å². The zero-order valence-corrected chi connectivity index (χ0v) is 12.0.